The van der Waals surface area contributed by atoms with Gasteiger partial charge in [-0.15, -0.1) is 0 Å². The van der Waals surface area contributed by atoms with Crippen LogP contribution in [0.5, 0.6) is 0 Å². The number of nitrogens with one attached hydrogen (secondary N) is 3. The van der Waals surface area contributed by atoms with Crippen molar-refractivity contribution >= 4 is 33.2 Å². The molecule has 0 radical (unpaired) electrons. The number of carbonyl (C=O) groups is 2. The fourth-order valence-corrected chi connectivity index (χ4v) is 4.97. The largest absolute Gasteiger partial charge is 0.376 e. The van der Waals surface area contributed by atoms with Crippen LogP contribution in [-0.2, 0) is 14.8 Å². The average Bonchev–Trinajstić information content (AvgIpc) is 3.38. The Hall–Kier alpha value is -3.69. The molecule has 3 aromatic carbocycles. The summed E-state index contributed by atoms with van der Waals surface area (Å²) in [5.74, 6) is -0.705. The maximum absolute atomic E-state index is 12.9. The van der Waals surface area contributed by atoms with Crippen LogP contribution < -0.4 is 15.4 Å². The monoisotopic (exact) mass is 493 g/mol. The fraction of sp³-hybridized carbons (Fsp3) is 0.231. The van der Waals surface area contributed by atoms with Crippen molar-refractivity contribution in [3.05, 3.63) is 89.5 Å². The summed E-state index contributed by atoms with van der Waals surface area (Å²) in [6, 6.07) is 19.5. The minimum absolute atomic E-state index is 0.0153. The molecule has 0 bridgehead atoms. The molecule has 0 unspecified atom stereocenters. The molecule has 9 heteroatoms. The number of para-hydroxylation sites is 1. The molecule has 2 amide bonds. The lowest BCUT2D eigenvalue weighted by Crippen LogP contribution is -2.32. The number of anilines is 2. The Kier molecular flexibility index (Phi) is 7.48. The van der Waals surface area contributed by atoms with Crippen molar-refractivity contribution in [1.29, 1.82) is 0 Å². The molecule has 1 aliphatic heterocycles. The number of ether oxygens (including phenoxy) is 1. The second-order valence-corrected chi connectivity index (χ2v) is 9.98. The predicted molar refractivity (Wildman–Crippen MR) is 134 cm³/mol. The van der Waals surface area contributed by atoms with Gasteiger partial charge >= 0.3 is 0 Å². The number of carbonyl (C=O) groups excluding carboxylic acids is 2. The molecule has 4 rings (SSSR count). The number of hydrogen-bond acceptors (Lipinski definition) is 5. The topological polar surface area (TPSA) is 114 Å². The minimum atomic E-state index is -3.75. The normalized spacial score (nSPS) is 15.4. The van der Waals surface area contributed by atoms with E-state index in [-0.39, 0.29) is 16.9 Å². The van der Waals surface area contributed by atoms with Crippen molar-refractivity contribution in [1.82, 2.24) is 5.32 Å². The Morgan fingerprint density at radius 2 is 1.69 bits per heavy atom. The van der Waals surface area contributed by atoms with Gasteiger partial charge in [-0.3, -0.25) is 14.3 Å². The predicted octanol–water partition coefficient (Wildman–Crippen LogP) is 3.96. The molecule has 1 fully saturated rings. The van der Waals surface area contributed by atoms with E-state index in [2.05, 4.69) is 15.4 Å². The van der Waals surface area contributed by atoms with E-state index >= 15 is 0 Å². The van der Waals surface area contributed by atoms with Gasteiger partial charge in [-0.1, -0.05) is 30.3 Å². The van der Waals surface area contributed by atoms with E-state index < -0.39 is 15.9 Å². The van der Waals surface area contributed by atoms with E-state index in [1.807, 2.05) is 0 Å². The van der Waals surface area contributed by atoms with E-state index in [1.54, 1.807) is 61.5 Å². The summed E-state index contributed by atoms with van der Waals surface area (Å²) in [5, 5.41) is 5.65. The zero-order chi connectivity index (χ0) is 24.8. The number of rotatable bonds is 8. The van der Waals surface area contributed by atoms with Crippen LogP contribution >= 0.6 is 0 Å². The second-order valence-electron chi connectivity index (χ2n) is 8.29. The summed E-state index contributed by atoms with van der Waals surface area (Å²) in [6.07, 6.45) is 1.91. The van der Waals surface area contributed by atoms with Gasteiger partial charge < -0.3 is 15.4 Å². The van der Waals surface area contributed by atoms with Gasteiger partial charge in [-0.25, -0.2) is 8.42 Å². The van der Waals surface area contributed by atoms with Gasteiger partial charge in [-0.05, 0) is 67.8 Å². The molecule has 0 spiro atoms. The summed E-state index contributed by atoms with van der Waals surface area (Å²) in [7, 11) is -3.75. The fourth-order valence-electron chi connectivity index (χ4n) is 3.81. The lowest BCUT2D eigenvalue weighted by Gasteiger charge is -2.15. The van der Waals surface area contributed by atoms with Crippen LogP contribution in [0.1, 0.15) is 39.1 Å². The molecule has 1 aliphatic rings. The van der Waals surface area contributed by atoms with Crippen LogP contribution in [-0.4, -0.2) is 39.5 Å². The Bertz CT molecular complexity index is 1320. The highest BCUT2D eigenvalue weighted by atomic mass is 32.2. The first-order valence-corrected chi connectivity index (χ1v) is 12.8. The summed E-state index contributed by atoms with van der Waals surface area (Å²) in [5.41, 5.74) is 2.02. The van der Waals surface area contributed by atoms with Crippen molar-refractivity contribution < 1.29 is 22.7 Å². The van der Waals surface area contributed by atoms with Gasteiger partial charge in [0.05, 0.1) is 27.9 Å². The number of benzene rings is 3. The summed E-state index contributed by atoms with van der Waals surface area (Å²) in [4.78, 5) is 25.8. The van der Waals surface area contributed by atoms with Crippen LogP contribution in [0.15, 0.2) is 77.7 Å². The van der Waals surface area contributed by atoms with Gasteiger partial charge in [0.15, 0.2) is 0 Å². The number of amides is 2. The van der Waals surface area contributed by atoms with Crippen molar-refractivity contribution in [3.63, 3.8) is 0 Å². The second kappa shape index (κ2) is 10.7. The molecule has 3 aromatic rings. The van der Waals surface area contributed by atoms with Crippen molar-refractivity contribution in [2.75, 3.05) is 23.2 Å². The van der Waals surface area contributed by atoms with Gasteiger partial charge in [0.25, 0.3) is 21.8 Å². The molecule has 1 saturated heterocycles. The molecule has 0 aromatic heterocycles. The smallest absolute Gasteiger partial charge is 0.261 e. The van der Waals surface area contributed by atoms with Crippen molar-refractivity contribution in [2.45, 2.75) is 30.8 Å². The lowest BCUT2D eigenvalue weighted by molar-refractivity contribution is 0.0858. The zero-order valence-electron chi connectivity index (χ0n) is 19.3. The highest BCUT2D eigenvalue weighted by Gasteiger charge is 2.20. The first kappa shape index (κ1) is 24.4. The molecular weight excluding hydrogens is 466 g/mol. The lowest BCUT2D eigenvalue weighted by atomic mass is 10.1. The first-order chi connectivity index (χ1) is 16.8. The van der Waals surface area contributed by atoms with Crippen molar-refractivity contribution in [2.24, 2.45) is 0 Å². The average molecular weight is 494 g/mol. The summed E-state index contributed by atoms with van der Waals surface area (Å²) < 4.78 is 33.3. The van der Waals surface area contributed by atoms with E-state index in [0.717, 1.165) is 12.8 Å². The van der Waals surface area contributed by atoms with Gasteiger partial charge in [0.1, 0.15) is 0 Å². The van der Waals surface area contributed by atoms with Crippen LogP contribution in [0.4, 0.5) is 11.4 Å². The molecule has 1 heterocycles. The maximum atomic E-state index is 12.9. The van der Waals surface area contributed by atoms with Gasteiger partial charge in [0, 0.05) is 18.7 Å². The number of sulfonamides is 1. The molecule has 182 valence electrons. The first-order valence-electron chi connectivity index (χ1n) is 11.3. The van der Waals surface area contributed by atoms with E-state index in [0.29, 0.717) is 41.2 Å². The van der Waals surface area contributed by atoms with Crippen molar-refractivity contribution in [3.8, 4) is 0 Å². The third-order valence-electron chi connectivity index (χ3n) is 5.72. The van der Waals surface area contributed by atoms with E-state index in [4.69, 9.17) is 4.74 Å². The maximum Gasteiger partial charge on any atom is 0.261 e. The minimum Gasteiger partial charge on any atom is -0.376 e. The molecule has 8 nitrogen and oxygen atoms in total. The SMILES string of the molecule is Cc1cc(C(=O)Nc2ccccc2C(=O)NC[C@@H]2CCCO2)ccc1NS(=O)(=O)c1ccccc1. The third kappa shape index (κ3) is 6.06. The molecule has 0 aliphatic carbocycles. The van der Waals surface area contributed by atoms with Crippen LogP contribution in [0.25, 0.3) is 0 Å². The molecular formula is C26H27N3O5S. The Labute approximate surface area is 204 Å². The molecule has 35 heavy (non-hydrogen) atoms. The number of aryl methyl sites for hydroxylation is 1. The van der Waals surface area contributed by atoms with E-state index in [9.17, 15) is 18.0 Å². The van der Waals surface area contributed by atoms with Crippen LogP contribution in [0.3, 0.4) is 0 Å². The van der Waals surface area contributed by atoms with Crippen LogP contribution in [0.2, 0.25) is 0 Å². The summed E-state index contributed by atoms with van der Waals surface area (Å²) >= 11 is 0. The Morgan fingerprint density at radius 3 is 2.40 bits per heavy atom. The Balaban J connectivity index is 1.45. The van der Waals surface area contributed by atoms with Crippen LogP contribution in [0, 0.1) is 6.92 Å². The molecule has 3 N–H and O–H groups in total. The highest BCUT2D eigenvalue weighted by Crippen LogP contribution is 2.22. The standard InChI is InChI=1S/C26H27N3O5S/c1-18-16-19(13-14-23(18)29-35(32,33)21-9-3-2-4-10-21)25(30)28-24-12-6-5-11-22(24)26(31)27-17-20-8-7-15-34-20/h2-6,9-14,16,20,29H,7-8,15,17H2,1H3,(H,27,31)(H,28,30)/t20-/m0/s1. The zero-order valence-corrected chi connectivity index (χ0v) is 20.1. The molecule has 1 atom stereocenters. The summed E-state index contributed by atoms with van der Waals surface area (Å²) in [6.45, 7) is 2.84. The third-order valence-corrected chi connectivity index (χ3v) is 7.10. The van der Waals surface area contributed by atoms with Gasteiger partial charge in [-0.2, -0.15) is 0 Å². The highest BCUT2D eigenvalue weighted by molar-refractivity contribution is 7.92. The van der Waals surface area contributed by atoms with E-state index in [1.165, 1.54) is 18.2 Å². The quantitative estimate of drug-likeness (QED) is 0.440. The number of hydrogen-bond donors (Lipinski definition) is 3. The van der Waals surface area contributed by atoms with Gasteiger partial charge in [0.2, 0.25) is 0 Å². The Morgan fingerprint density at radius 1 is 0.943 bits per heavy atom. The molecule has 0 saturated carbocycles.